The summed E-state index contributed by atoms with van der Waals surface area (Å²) >= 11 is 0. The molecular formula is C11H17F3. The molecule has 14 heavy (non-hydrogen) atoms. The number of halogens is 3. The molecule has 0 nitrogen and oxygen atoms in total. The van der Waals surface area contributed by atoms with Crippen molar-refractivity contribution in [3.8, 4) is 0 Å². The maximum Gasteiger partial charge on any atom is 0.264 e. The van der Waals surface area contributed by atoms with Gasteiger partial charge in [0, 0.05) is 5.57 Å². The Hall–Kier alpha value is -0.990. The Bertz CT molecular complexity index is 215. The SMILES string of the molecule is C=C/C(=C(/CF)C(=C)C)C(F)F.CC. The molecule has 0 atom stereocenters. The smallest absolute Gasteiger partial charge is 0.246 e. The molecule has 0 rings (SSSR count). The molecule has 0 aliphatic carbocycles. The summed E-state index contributed by atoms with van der Waals surface area (Å²) in [7, 11) is 0. The third-order valence-corrected chi connectivity index (χ3v) is 1.45. The van der Waals surface area contributed by atoms with Gasteiger partial charge in [0.2, 0.25) is 0 Å². The topological polar surface area (TPSA) is 0 Å². The van der Waals surface area contributed by atoms with Crippen molar-refractivity contribution in [3.63, 3.8) is 0 Å². The van der Waals surface area contributed by atoms with Crippen molar-refractivity contribution in [2.75, 3.05) is 6.67 Å². The van der Waals surface area contributed by atoms with Crippen LogP contribution in [0.1, 0.15) is 20.8 Å². The summed E-state index contributed by atoms with van der Waals surface area (Å²) in [6.45, 7) is 11.1. The van der Waals surface area contributed by atoms with E-state index in [-0.39, 0.29) is 11.1 Å². The Balaban J connectivity index is 0. The number of allylic oxidation sites excluding steroid dienone is 4. The van der Waals surface area contributed by atoms with Crippen LogP contribution in [-0.2, 0) is 0 Å². The Morgan fingerprint density at radius 3 is 1.86 bits per heavy atom. The Labute approximate surface area is 83.8 Å². The third kappa shape index (κ3) is 4.90. The molecule has 82 valence electrons. The van der Waals surface area contributed by atoms with Gasteiger partial charge in [-0.25, -0.2) is 13.2 Å². The van der Waals surface area contributed by atoms with Crippen LogP contribution in [0.15, 0.2) is 36.0 Å². The second-order valence-electron chi connectivity index (χ2n) is 2.35. The van der Waals surface area contributed by atoms with E-state index in [0.29, 0.717) is 5.57 Å². The van der Waals surface area contributed by atoms with Crippen LogP contribution in [0.3, 0.4) is 0 Å². The first-order valence-electron chi connectivity index (χ1n) is 4.40. The van der Waals surface area contributed by atoms with Crippen molar-refractivity contribution in [2.24, 2.45) is 0 Å². The maximum absolute atomic E-state index is 12.2. The van der Waals surface area contributed by atoms with Gasteiger partial charge in [-0.05, 0) is 12.5 Å². The molecule has 0 saturated carbocycles. The van der Waals surface area contributed by atoms with Crippen molar-refractivity contribution in [1.29, 1.82) is 0 Å². The van der Waals surface area contributed by atoms with E-state index in [4.69, 9.17) is 0 Å². The van der Waals surface area contributed by atoms with Crippen LogP contribution in [0.4, 0.5) is 13.2 Å². The fraction of sp³-hybridized carbons (Fsp3) is 0.455. The van der Waals surface area contributed by atoms with Crippen molar-refractivity contribution in [1.82, 2.24) is 0 Å². The van der Waals surface area contributed by atoms with E-state index in [1.54, 1.807) is 0 Å². The van der Waals surface area contributed by atoms with Gasteiger partial charge in [-0.2, -0.15) is 0 Å². The molecule has 0 aliphatic rings. The summed E-state index contributed by atoms with van der Waals surface area (Å²) in [4.78, 5) is 0. The van der Waals surface area contributed by atoms with Gasteiger partial charge < -0.3 is 0 Å². The predicted molar refractivity (Wildman–Crippen MR) is 55.4 cm³/mol. The van der Waals surface area contributed by atoms with Gasteiger partial charge in [0.15, 0.2) is 0 Å². The molecule has 0 bridgehead atoms. The summed E-state index contributed by atoms with van der Waals surface area (Å²) in [5, 5.41) is 0. The van der Waals surface area contributed by atoms with Gasteiger partial charge in [0.05, 0.1) is 0 Å². The lowest BCUT2D eigenvalue weighted by molar-refractivity contribution is 0.192. The lowest BCUT2D eigenvalue weighted by Gasteiger charge is -2.07. The summed E-state index contributed by atoms with van der Waals surface area (Å²) in [5.74, 6) is 0. The van der Waals surface area contributed by atoms with Gasteiger partial charge >= 0.3 is 0 Å². The van der Waals surface area contributed by atoms with Gasteiger partial charge in [-0.1, -0.05) is 38.7 Å². The largest absolute Gasteiger partial charge is 0.264 e. The highest BCUT2D eigenvalue weighted by atomic mass is 19.3. The molecule has 0 aromatic carbocycles. The maximum atomic E-state index is 12.2. The Morgan fingerprint density at radius 2 is 1.79 bits per heavy atom. The molecule has 0 fully saturated rings. The summed E-state index contributed by atoms with van der Waals surface area (Å²) < 4.78 is 36.5. The molecule has 0 radical (unpaired) electrons. The fourth-order valence-corrected chi connectivity index (χ4v) is 0.782. The lowest BCUT2D eigenvalue weighted by atomic mass is 10.0. The third-order valence-electron chi connectivity index (χ3n) is 1.45. The standard InChI is InChI=1S/C9H11F3.C2H6/c1-4-7(9(11)12)8(5-10)6(2)3;1-2/h4,9H,1-2,5H2,3H3;1-2H3/b8-7+;. The molecule has 0 aromatic rings. The molecule has 0 aliphatic heterocycles. The summed E-state index contributed by atoms with van der Waals surface area (Å²) in [6, 6.07) is 0. The second kappa shape index (κ2) is 8.60. The van der Waals surface area contributed by atoms with Crippen molar-refractivity contribution < 1.29 is 13.2 Å². The van der Waals surface area contributed by atoms with E-state index in [1.165, 1.54) is 6.92 Å². The van der Waals surface area contributed by atoms with Crippen LogP contribution in [0.2, 0.25) is 0 Å². The minimum Gasteiger partial charge on any atom is -0.246 e. The molecule has 0 heterocycles. The van der Waals surface area contributed by atoms with Crippen LogP contribution in [0.25, 0.3) is 0 Å². The number of rotatable bonds is 4. The first-order valence-corrected chi connectivity index (χ1v) is 4.40. The van der Waals surface area contributed by atoms with Crippen LogP contribution in [-0.4, -0.2) is 13.1 Å². The molecule has 3 heteroatoms. The molecule has 0 amide bonds. The Morgan fingerprint density at radius 1 is 1.36 bits per heavy atom. The van der Waals surface area contributed by atoms with Crippen LogP contribution in [0.5, 0.6) is 0 Å². The van der Waals surface area contributed by atoms with E-state index < -0.39 is 13.1 Å². The summed E-state index contributed by atoms with van der Waals surface area (Å²) in [6.07, 6.45) is -1.72. The minimum atomic E-state index is -2.69. The van der Waals surface area contributed by atoms with Crippen molar-refractivity contribution in [2.45, 2.75) is 27.2 Å². The molecule has 0 saturated heterocycles. The average molecular weight is 206 g/mol. The highest BCUT2D eigenvalue weighted by molar-refractivity contribution is 5.38. The molecule has 0 spiro atoms. The second-order valence-corrected chi connectivity index (χ2v) is 2.35. The quantitative estimate of drug-likeness (QED) is 0.601. The average Bonchev–Trinajstić information content (AvgIpc) is 2.15. The van der Waals surface area contributed by atoms with E-state index in [9.17, 15) is 13.2 Å². The highest BCUT2D eigenvalue weighted by Gasteiger charge is 2.13. The monoisotopic (exact) mass is 206 g/mol. The minimum absolute atomic E-state index is 0.0556. The zero-order chi connectivity index (χ0) is 11.7. The summed E-state index contributed by atoms with van der Waals surface area (Å²) in [5.41, 5.74) is -0.113. The molecular weight excluding hydrogens is 189 g/mol. The van der Waals surface area contributed by atoms with Crippen LogP contribution < -0.4 is 0 Å². The molecule has 0 unspecified atom stereocenters. The van der Waals surface area contributed by atoms with Gasteiger partial charge in [-0.15, -0.1) is 0 Å². The first kappa shape index (κ1) is 15.5. The number of hydrogen-bond acceptors (Lipinski definition) is 0. The molecule has 0 aromatic heterocycles. The Kier molecular flexibility index (Phi) is 9.51. The van der Waals surface area contributed by atoms with E-state index in [0.717, 1.165) is 6.08 Å². The molecule has 0 N–H and O–H groups in total. The number of alkyl halides is 3. The van der Waals surface area contributed by atoms with Gasteiger partial charge in [0.1, 0.15) is 6.67 Å². The van der Waals surface area contributed by atoms with E-state index >= 15 is 0 Å². The number of hydrogen-bond donors (Lipinski definition) is 0. The lowest BCUT2D eigenvalue weighted by Crippen LogP contribution is -2.01. The predicted octanol–water partition coefficient (Wildman–Crippen LogP) is 4.31. The van der Waals surface area contributed by atoms with E-state index in [2.05, 4.69) is 13.2 Å². The highest BCUT2D eigenvalue weighted by Crippen LogP contribution is 2.20. The van der Waals surface area contributed by atoms with Crippen molar-refractivity contribution in [3.05, 3.63) is 36.0 Å². The van der Waals surface area contributed by atoms with Crippen LogP contribution in [0, 0.1) is 0 Å². The van der Waals surface area contributed by atoms with Crippen molar-refractivity contribution >= 4 is 0 Å². The zero-order valence-electron chi connectivity index (χ0n) is 8.91. The van der Waals surface area contributed by atoms with E-state index in [1.807, 2.05) is 13.8 Å². The van der Waals surface area contributed by atoms with Crippen LogP contribution >= 0.6 is 0 Å². The normalized spacial score (nSPS) is 11.4. The zero-order valence-corrected chi connectivity index (χ0v) is 8.91. The van der Waals surface area contributed by atoms with Gasteiger partial charge in [0.25, 0.3) is 6.43 Å². The fourth-order valence-electron chi connectivity index (χ4n) is 0.782. The first-order chi connectivity index (χ1) is 6.54. The van der Waals surface area contributed by atoms with Gasteiger partial charge in [-0.3, -0.25) is 0 Å².